The van der Waals surface area contributed by atoms with Crippen LogP contribution in [-0.2, 0) is 29.2 Å². The minimum Gasteiger partial charge on any atom is -0.493 e. The Kier molecular flexibility index (Phi) is 17.1. The third kappa shape index (κ3) is 12.7. The number of unbranched alkanes of at least 4 members (excludes halogenated alkanes) is 11. The van der Waals surface area contributed by atoms with Gasteiger partial charge >= 0.3 is 6.09 Å². The number of imide groups is 1. The molecule has 1 aromatic carbocycles. The third-order valence-electron chi connectivity index (χ3n) is 7.39. The molecule has 0 radical (unpaired) electrons. The molecule has 0 spiro atoms. The number of benzene rings is 1. The Hall–Kier alpha value is -3.29. The number of carbonyl (C=O) groups is 2. The Morgan fingerprint density at radius 3 is 1.76 bits per heavy atom. The Bertz CT molecular complexity index is 1030. The van der Waals surface area contributed by atoms with E-state index in [1.807, 2.05) is 36.0 Å². The van der Waals surface area contributed by atoms with Gasteiger partial charge in [0.15, 0.2) is 23.9 Å². The van der Waals surface area contributed by atoms with Gasteiger partial charge in [-0.1, -0.05) is 77.6 Å². The summed E-state index contributed by atoms with van der Waals surface area (Å²) in [5.74, 6) is 1.17. The predicted octanol–water partition coefficient (Wildman–Crippen LogP) is 7.78. The number of carbonyl (C=O) groups excluding carboxylic acids is 2. The Morgan fingerprint density at radius 1 is 0.762 bits per heavy atom. The van der Waals surface area contributed by atoms with Crippen molar-refractivity contribution in [1.82, 2.24) is 4.90 Å². The van der Waals surface area contributed by atoms with Crippen LogP contribution in [-0.4, -0.2) is 37.7 Å². The van der Waals surface area contributed by atoms with Crippen molar-refractivity contribution in [1.29, 1.82) is 0 Å². The van der Waals surface area contributed by atoms with Gasteiger partial charge in [0, 0.05) is 19.1 Å². The second kappa shape index (κ2) is 20.6. The van der Waals surface area contributed by atoms with Crippen molar-refractivity contribution in [2.24, 2.45) is 0 Å². The van der Waals surface area contributed by atoms with Crippen LogP contribution >= 0.6 is 0 Å². The SMILES string of the molecule is CCCCCCCCCCCCCCOc1c(OC)cc(COC(=O)N(Cc2cc[n+](CC)cc2)C(C)=O)cc1OC. The van der Waals surface area contributed by atoms with Crippen molar-refractivity contribution < 1.29 is 33.1 Å². The smallest absolute Gasteiger partial charge is 0.417 e. The summed E-state index contributed by atoms with van der Waals surface area (Å²) in [6, 6.07) is 7.31. The van der Waals surface area contributed by atoms with Crippen LogP contribution < -0.4 is 18.8 Å². The number of methoxy groups -OCH3 is 2. The number of aromatic nitrogens is 1. The van der Waals surface area contributed by atoms with Gasteiger partial charge in [0.1, 0.15) is 13.2 Å². The first-order valence-corrected chi connectivity index (χ1v) is 15.7. The molecule has 1 heterocycles. The summed E-state index contributed by atoms with van der Waals surface area (Å²) >= 11 is 0. The number of aryl methyl sites for hydroxylation is 1. The zero-order chi connectivity index (χ0) is 30.6. The number of nitrogens with zero attached hydrogens (tertiary/aromatic N) is 2. The van der Waals surface area contributed by atoms with Crippen molar-refractivity contribution in [3.8, 4) is 17.2 Å². The second-order valence-electron chi connectivity index (χ2n) is 10.8. The average Bonchev–Trinajstić information content (AvgIpc) is 3.00. The molecule has 2 rings (SSSR count). The minimum atomic E-state index is -0.708. The van der Waals surface area contributed by atoms with Crippen LogP contribution in [0.2, 0.25) is 0 Å². The van der Waals surface area contributed by atoms with E-state index in [2.05, 4.69) is 6.92 Å². The fraction of sp³-hybridized carbons (Fsp3) is 0.618. The fourth-order valence-corrected chi connectivity index (χ4v) is 4.79. The van der Waals surface area contributed by atoms with E-state index in [9.17, 15) is 9.59 Å². The van der Waals surface area contributed by atoms with Gasteiger partial charge in [0.2, 0.25) is 11.7 Å². The zero-order valence-electron chi connectivity index (χ0n) is 26.6. The minimum absolute atomic E-state index is 0.0427. The molecule has 0 saturated carbocycles. The van der Waals surface area contributed by atoms with Gasteiger partial charge in [0.05, 0.1) is 27.4 Å². The second-order valence-corrected chi connectivity index (χ2v) is 10.8. The van der Waals surface area contributed by atoms with Crippen LogP contribution in [0, 0.1) is 0 Å². The van der Waals surface area contributed by atoms with Crippen LogP contribution in [0.3, 0.4) is 0 Å². The highest BCUT2D eigenvalue weighted by Gasteiger charge is 2.22. The largest absolute Gasteiger partial charge is 0.493 e. The summed E-state index contributed by atoms with van der Waals surface area (Å²) < 4.78 is 24.7. The molecule has 0 aliphatic carbocycles. The van der Waals surface area contributed by atoms with Gasteiger partial charge in [-0.25, -0.2) is 14.3 Å². The van der Waals surface area contributed by atoms with E-state index in [0.717, 1.165) is 29.8 Å². The number of amides is 2. The molecule has 0 aliphatic rings. The summed E-state index contributed by atoms with van der Waals surface area (Å²) in [5, 5.41) is 0. The van der Waals surface area contributed by atoms with E-state index >= 15 is 0 Å². The molecule has 0 aliphatic heterocycles. The van der Waals surface area contributed by atoms with Crippen molar-refractivity contribution in [2.75, 3.05) is 20.8 Å². The lowest BCUT2D eigenvalue weighted by molar-refractivity contribution is -0.693. The molecule has 2 amide bonds. The van der Waals surface area contributed by atoms with Crippen LogP contribution in [0.15, 0.2) is 36.7 Å². The number of ether oxygens (including phenoxy) is 4. The van der Waals surface area contributed by atoms with Gasteiger partial charge in [0.25, 0.3) is 0 Å². The van der Waals surface area contributed by atoms with Crippen molar-refractivity contribution in [3.63, 3.8) is 0 Å². The maximum absolute atomic E-state index is 12.8. The molecule has 0 unspecified atom stereocenters. The van der Waals surface area contributed by atoms with Crippen LogP contribution in [0.1, 0.15) is 109 Å². The summed E-state index contributed by atoms with van der Waals surface area (Å²) in [5.41, 5.74) is 1.51. The van der Waals surface area contributed by atoms with Gasteiger partial charge in [-0.3, -0.25) is 4.79 Å². The quantitative estimate of drug-likeness (QED) is 0.110. The molecule has 0 atom stereocenters. The van der Waals surface area contributed by atoms with Crippen molar-refractivity contribution in [3.05, 3.63) is 47.8 Å². The lowest BCUT2D eigenvalue weighted by Gasteiger charge is -2.19. The van der Waals surface area contributed by atoms with Gasteiger partial charge in [-0.2, -0.15) is 0 Å². The summed E-state index contributed by atoms with van der Waals surface area (Å²) in [7, 11) is 3.14. The van der Waals surface area contributed by atoms with Gasteiger partial charge in [-0.05, 0) is 36.6 Å². The number of hydrogen-bond donors (Lipinski definition) is 0. The first kappa shape index (κ1) is 34.9. The Balaban J connectivity index is 1.81. The Labute approximate surface area is 253 Å². The van der Waals surface area contributed by atoms with Crippen molar-refractivity contribution in [2.45, 2.75) is 118 Å². The maximum Gasteiger partial charge on any atom is 0.417 e. The van der Waals surface area contributed by atoms with E-state index in [0.29, 0.717) is 29.4 Å². The molecule has 2 aromatic rings. The standard InChI is InChI=1S/C34H53N2O6/c1-6-8-9-10-11-12-13-14-15-16-17-18-23-41-33-31(39-4)24-30(25-32(33)40-5)27-42-34(38)36(28(3)37)26-29-19-21-35(7-2)22-20-29/h19-22,24-25H,6-18,23,26-27H2,1-5H3/q+1. The summed E-state index contributed by atoms with van der Waals surface area (Å²) in [6.45, 7) is 7.16. The normalized spacial score (nSPS) is 10.8. The van der Waals surface area contributed by atoms with E-state index in [1.165, 1.54) is 71.1 Å². The lowest BCUT2D eigenvalue weighted by Crippen LogP contribution is -2.36. The number of pyridine rings is 1. The maximum atomic E-state index is 12.8. The Morgan fingerprint density at radius 2 is 1.29 bits per heavy atom. The molecule has 0 fully saturated rings. The molecule has 42 heavy (non-hydrogen) atoms. The first-order valence-electron chi connectivity index (χ1n) is 15.7. The molecule has 1 aromatic heterocycles. The monoisotopic (exact) mass is 585 g/mol. The third-order valence-corrected chi connectivity index (χ3v) is 7.39. The fourth-order valence-electron chi connectivity index (χ4n) is 4.79. The molecule has 234 valence electrons. The molecule has 8 nitrogen and oxygen atoms in total. The molecular weight excluding hydrogens is 532 g/mol. The lowest BCUT2D eigenvalue weighted by atomic mass is 10.1. The number of rotatable bonds is 21. The topological polar surface area (TPSA) is 78.2 Å². The summed E-state index contributed by atoms with van der Waals surface area (Å²) in [6.07, 6.45) is 18.6. The zero-order valence-corrected chi connectivity index (χ0v) is 26.6. The highest BCUT2D eigenvalue weighted by atomic mass is 16.6. The van der Waals surface area contributed by atoms with Crippen molar-refractivity contribution >= 4 is 12.0 Å². The van der Waals surface area contributed by atoms with Crippen LogP contribution in [0.25, 0.3) is 0 Å². The molecule has 0 bridgehead atoms. The molecular formula is C34H53N2O6+. The molecule has 0 N–H and O–H groups in total. The predicted molar refractivity (Wildman–Crippen MR) is 165 cm³/mol. The van der Waals surface area contributed by atoms with Crippen LogP contribution in [0.4, 0.5) is 4.79 Å². The number of hydrogen-bond acceptors (Lipinski definition) is 6. The summed E-state index contributed by atoms with van der Waals surface area (Å²) in [4.78, 5) is 26.1. The highest BCUT2D eigenvalue weighted by Crippen LogP contribution is 2.39. The van der Waals surface area contributed by atoms with E-state index in [1.54, 1.807) is 26.4 Å². The molecule has 0 saturated heterocycles. The average molecular weight is 586 g/mol. The van der Waals surface area contributed by atoms with E-state index in [-0.39, 0.29) is 19.1 Å². The van der Waals surface area contributed by atoms with Gasteiger partial charge < -0.3 is 18.9 Å². The molecule has 8 heteroatoms. The van der Waals surface area contributed by atoms with Crippen LogP contribution in [0.5, 0.6) is 17.2 Å². The highest BCUT2D eigenvalue weighted by molar-refractivity contribution is 5.90. The first-order chi connectivity index (χ1) is 20.4. The van der Waals surface area contributed by atoms with E-state index < -0.39 is 6.09 Å². The van der Waals surface area contributed by atoms with Gasteiger partial charge in [-0.15, -0.1) is 0 Å². The van der Waals surface area contributed by atoms with E-state index in [4.69, 9.17) is 18.9 Å².